The summed E-state index contributed by atoms with van der Waals surface area (Å²) in [6, 6.07) is 8.25. The minimum absolute atomic E-state index is 0.147. The second-order valence-corrected chi connectivity index (χ2v) is 7.23. The number of amides is 1. The Labute approximate surface area is 150 Å². The molecule has 1 saturated heterocycles. The van der Waals surface area contributed by atoms with Crippen LogP contribution in [0, 0.1) is 0 Å². The van der Waals surface area contributed by atoms with E-state index in [1.54, 1.807) is 0 Å². The van der Waals surface area contributed by atoms with E-state index in [4.69, 9.17) is 5.73 Å². The van der Waals surface area contributed by atoms with Gasteiger partial charge in [-0.3, -0.25) is 4.79 Å². The van der Waals surface area contributed by atoms with Crippen LogP contribution in [0.5, 0.6) is 0 Å². The van der Waals surface area contributed by atoms with Crippen molar-refractivity contribution in [2.45, 2.75) is 64.0 Å². The first-order chi connectivity index (χ1) is 12.2. The largest absolute Gasteiger partial charge is 0.370 e. The Morgan fingerprint density at radius 2 is 1.68 bits per heavy atom. The van der Waals surface area contributed by atoms with Gasteiger partial charge in [-0.05, 0) is 49.8 Å². The summed E-state index contributed by atoms with van der Waals surface area (Å²) in [6.45, 7) is 2.31. The van der Waals surface area contributed by atoms with Crippen LogP contribution in [0.4, 0.5) is 0 Å². The fourth-order valence-electron chi connectivity index (χ4n) is 3.71. The molecule has 25 heavy (non-hydrogen) atoms. The number of hydrogen-bond acceptors (Lipinski definition) is 2. The van der Waals surface area contributed by atoms with E-state index in [0.29, 0.717) is 18.5 Å². The first-order valence-corrected chi connectivity index (χ1v) is 9.67. The van der Waals surface area contributed by atoms with Crippen LogP contribution in [0.15, 0.2) is 29.3 Å². The molecule has 0 spiro atoms. The van der Waals surface area contributed by atoms with Crippen molar-refractivity contribution >= 4 is 11.9 Å². The van der Waals surface area contributed by atoms with E-state index in [9.17, 15) is 4.79 Å². The fraction of sp³-hybridized carbons (Fsp3) is 0.600. The summed E-state index contributed by atoms with van der Waals surface area (Å²) < 4.78 is 0. The van der Waals surface area contributed by atoms with Gasteiger partial charge < -0.3 is 16.0 Å². The molecule has 0 aromatic heterocycles. The third kappa shape index (κ3) is 5.21. The Kier molecular flexibility index (Phi) is 6.31. The molecule has 2 aliphatic rings. The normalized spacial score (nSPS) is 19.7. The van der Waals surface area contributed by atoms with Crippen LogP contribution in [-0.2, 0) is 6.54 Å². The molecule has 0 bridgehead atoms. The van der Waals surface area contributed by atoms with Gasteiger partial charge in [0.1, 0.15) is 0 Å². The molecule has 1 aromatic carbocycles. The third-order valence-electron chi connectivity index (χ3n) is 5.23. The SMILES string of the molecule is NC(=NCc1ccc(C(=O)N2CCCCC2)cc1)NC1CCCCC1. The van der Waals surface area contributed by atoms with E-state index in [-0.39, 0.29) is 5.91 Å². The fourth-order valence-corrected chi connectivity index (χ4v) is 3.71. The highest BCUT2D eigenvalue weighted by atomic mass is 16.2. The molecule has 2 fully saturated rings. The molecule has 1 amide bonds. The third-order valence-corrected chi connectivity index (χ3v) is 5.23. The van der Waals surface area contributed by atoms with E-state index in [0.717, 1.165) is 37.1 Å². The average Bonchev–Trinajstić information content (AvgIpc) is 2.68. The van der Waals surface area contributed by atoms with Crippen molar-refractivity contribution in [1.82, 2.24) is 10.2 Å². The molecule has 0 unspecified atom stereocenters. The quantitative estimate of drug-likeness (QED) is 0.652. The second-order valence-electron chi connectivity index (χ2n) is 7.23. The standard InChI is InChI=1S/C20H30N4O/c21-20(23-18-7-3-1-4-8-18)22-15-16-9-11-17(12-10-16)19(25)24-13-5-2-6-14-24/h9-12,18H,1-8,13-15H2,(H3,21,22,23). The van der Waals surface area contributed by atoms with Crippen LogP contribution in [0.25, 0.3) is 0 Å². The van der Waals surface area contributed by atoms with Crippen molar-refractivity contribution in [3.05, 3.63) is 35.4 Å². The Morgan fingerprint density at radius 1 is 1.04 bits per heavy atom. The van der Waals surface area contributed by atoms with Gasteiger partial charge in [-0.1, -0.05) is 31.4 Å². The number of hydrogen-bond donors (Lipinski definition) is 2. The van der Waals surface area contributed by atoms with Crippen LogP contribution < -0.4 is 11.1 Å². The minimum Gasteiger partial charge on any atom is -0.370 e. The van der Waals surface area contributed by atoms with Crippen LogP contribution in [0.2, 0.25) is 0 Å². The number of piperidine rings is 1. The lowest BCUT2D eigenvalue weighted by Crippen LogP contribution is -2.41. The lowest BCUT2D eigenvalue weighted by atomic mass is 9.96. The number of aliphatic imine (C=N–C) groups is 1. The van der Waals surface area contributed by atoms with Gasteiger partial charge in [0, 0.05) is 24.7 Å². The number of guanidine groups is 1. The van der Waals surface area contributed by atoms with Gasteiger partial charge in [0.15, 0.2) is 5.96 Å². The molecule has 3 N–H and O–H groups in total. The molecule has 1 saturated carbocycles. The summed E-state index contributed by atoms with van der Waals surface area (Å²) in [4.78, 5) is 18.9. The van der Waals surface area contributed by atoms with Gasteiger partial charge in [0.05, 0.1) is 6.54 Å². The lowest BCUT2D eigenvalue weighted by Gasteiger charge is -2.26. The summed E-state index contributed by atoms with van der Waals surface area (Å²) in [7, 11) is 0. The monoisotopic (exact) mass is 342 g/mol. The highest BCUT2D eigenvalue weighted by Crippen LogP contribution is 2.17. The van der Waals surface area contributed by atoms with Crippen LogP contribution in [-0.4, -0.2) is 35.9 Å². The van der Waals surface area contributed by atoms with Crippen molar-refractivity contribution in [1.29, 1.82) is 0 Å². The second kappa shape index (κ2) is 8.88. The molecule has 1 heterocycles. The minimum atomic E-state index is 0.147. The maximum Gasteiger partial charge on any atom is 0.253 e. The number of nitrogens with zero attached hydrogens (tertiary/aromatic N) is 2. The topological polar surface area (TPSA) is 70.7 Å². The van der Waals surface area contributed by atoms with Crippen LogP contribution in [0.3, 0.4) is 0 Å². The highest BCUT2D eigenvalue weighted by molar-refractivity contribution is 5.94. The Hall–Kier alpha value is -2.04. The lowest BCUT2D eigenvalue weighted by molar-refractivity contribution is 0.0724. The Morgan fingerprint density at radius 3 is 2.36 bits per heavy atom. The maximum atomic E-state index is 12.5. The molecular weight excluding hydrogens is 312 g/mol. The number of nitrogens with two attached hydrogens (primary N) is 1. The van der Waals surface area contributed by atoms with Gasteiger partial charge in [-0.2, -0.15) is 0 Å². The van der Waals surface area contributed by atoms with Crippen LogP contribution in [0.1, 0.15) is 67.3 Å². The van der Waals surface area contributed by atoms with Gasteiger partial charge in [0.25, 0.3) is 5.91 Å². The zero-order valence-corrected chi connectivity index (χ0v) is 15.0. The Bertz CT molecular complexity index is 584. The summed E-state index contributed by atoms with van der Waals surface area (Å²) in [5.41, 5.74) is 7.85. The number of nitrogens with one attached hydrogen (secondary N) is 1. The average molecular weight is 342 g/mol. The van der Waals surface area contributed by atoms with Crippen molar-refractivity contribution in [3.8, 4) is 0 Å². The summed E-state index contributed by atoms with van der Waals surface area (Å²) in [6.07, 6.45) is 9.72. The molecule has 0 atom stereocenters. The molecule has 1 aromatic rings. The Balaban J connectivity index is 1.51. The summed E-state index contributed by atoms with van der Waals surface area (Å²) in [5.74, 6) is 0.675. The van der Waals surface area contributed by atoms with E-state index in [1.165, 1.54) is 38.5 Å². The molecule has 5 nitrogen and oxygen atoms in total. The predicted molar refractivity (Wildman–Crippen MR) is 102 cm³/mol. The molecular formula is C20H30N4O. The maximum absolute atomic E-state index is 12.5. The van der Waals surface area contributed by atoms with Crippen molar-refractivity contribution in [2.24, 2.45) is 10.7 Å². The molecule has 3 rings (SSSR count). The van der Waals surface area contributed by atoms with Gasteiger partial charge in [0.2, 0.25) is 0 Å². The molecule has 0 radical (unpaired) electrons. The van der Waals surface area contributed by atoms with Gasteiger partial charge in [-0.25, -0.2) is 4.99 Å². The zero-order valence-electron chi connectivity index (χ0n) is 15.0. The smallest absolute Gasteiger partial charge is 0.253 e. The summed E-state index contributed by atoms with van der Waals surface area (Å²) in [5, 5.41) is 3.33. The number of carbonyl (C=O) groups is 1. The van der Waals surface area contributed by atoms with Crippen LogP contribution >= 0.6 is 0 Å². The van der Waals surface area contributed by atoms with Crippen molar-refractivity contribution < 1.29 is 4.79 Å². The van der Waals surface area contributed by atoms with Gasteiger partial charge in [-0.15, -0.1) is 0 Å². The molecule has 136 valence electrons. The number of likely N-dealkylation sites (tertiary alicyclic amines) is 1. The first kappa shape index (κ1) is 17.8. The van der Waals surface area contributed by atoms with Crippen molar-refractivity contribution in [3.63, 3.8) is 0 Å². The summed E-state index contributed by atoms with van der Waals surface area (Å²) >= 11 is 0. The van der Waals surface area contributed by atoms with E-state index < -0.39 is 0 Å². The van der Waals surface area contributed by atoms with E-state index >= 15 is 0 Å². The molecule has 1 aliphatic heterocycles. The number of rotatable bonds is 4. The molecule has 5 heteroatoms. The zero-order chi connectivity index (χ0) is 17.5. The van der Waals surface area contributed by atoms with Gasteiger partial charge >= 0.3 is 0 Å². The number of benzene rings is 1. The van der Waals surface area contributed by atoms with E-state index in [1.807, 2.05) is 29.2 Å². The molecule has 1 aliphatic carbocycles. The van der Waals surface area contributed by atoms with Crippen molar-refractivity contribution in [2.75, 3.05) is 13.1 Å². The first-order valence-electron chi connectivity index (χ1n) is 9.67. The highest BCUT2D eigenvalue weighted by Gasteiger charge is 2.18. The van der Waals surface area contributed by atoms with E-state index in [2.05, 4.69) is 10.3 Å². The number of carbonyl (C=O) groups excluding carboxylic acids is 1. The predicted octanol–water partition coefficient (Wildman–Crippen LogP) is 3.05.